The molecule has 2 N–H and O–H groups in total. The molecule has 3 aliphatic rings. The molecule has 1 saturated carbocycles. The van der Waals surface area contributed by atoms with Gasteiger partial charge in [0.1, 0.15) is 5.82 Å². The van der Waals surface area contributed by atoms with E-state index >= 15 is 0 Å². The Bertz CT molecular complexity index is 1410. The van der Waals surface area contributed by atoms with E-state index in [1.807, 2.05) is 48.7 Å². The largest absolute Gasteiger partial charge is 0.465 e. The van der Waals surface area contributed by atoms with Crippen molar-refractivity contribution in [2.75, 3.05) is 64.4 Å². The third-order valence-corrected chi connectivity index (χ3v) is 9.40. The van der Waals surface area contributed by atoms with Crippen molar-refractivity contribution in [2.45, 2.75) is 38.1 Å². The van der Waals surface area contributed by atoms with Gasteiger partial charge in [-0.05, 0) is 75.3 Å². The number of carbonyl (C=O) groups is 2. The first-order valence-electron chi connectivity index (χ1n) is 15.6. The van der Waals surface area contributed by atoms with E-state index in [2.05, 4.69) is 22.2 Å². The van der Waals surface area contributed by atoms with E-state index in [0.29, 0.717) is 43.7 Å². The van der Waals surface area contributed by atoms with E-state index in [-0.39, 0.29) is 11.9 Å². The molecule has 228 valence electrons. The van der Waals surface area contributed by atoms with Gasteiger partial charge in [-0.25, -0.2) is 14.8 Å². The van der Waals surface area contributed by atoms with Gasteiger partial charge in [-0.1, -0.05) is 18.2 Å². The minimum Gasteiger partial charge on any atom is -0.465 e. The minimum absolute atomic E-state index is 0.0275. The zero-order valence-electron chi connectivity index (χ0n) is 25.0. The van der Waals surface area contributed by atoms with Crippen LogP contribution in [0.4, 0.5) is 10.6 Å². The Balaban J connectivity index is 1.09. The van der Waals surface area contributed by atoms with Gasteiger partial charge in [-0.3, -0.25) is 4.79 Å². The molecule has 0 radical (unpaired) electrons. The number of carboxylic acid groups (broad SMARTS) is 1. The molecule has 2 aromatic heterocycles. The van der Waals surface area contributed by atoms with Crippen molar-refractivity contribution < 1.29 is 19.4 Å². The van der Waals surface area contributed by atoms with Crippen molar-refractivity contribution in [1.82, 2.24) is 25.1 Å². The van der Waals surface area contributed by atoms with Crippen LogP contribution in [0.2, 0.25) is 0 Å². The number of ether oxygens (including phenoxy) is 1. The number of benzene rings is 1. The number of nitrogens with one attached hydrogen (secondary N) is 1. The molecule has 0 spiro atoms. The lowest BCUT2D eigenvalue weighted by Gasteiger charge is -2.33. The molecule has 1 aliphatic carbocycles. The highest BCUT2D eigenvalue weighted by Gasteiger charge is 2.31. The van der Waals surface area contributed by atoms with Gasteiger partial charge in [-0.2, -0.15) is 0 Å². The number of para-hydroxylation sites is 1. The van der Waals surface area contributed by atoms with Crippen molar-refractivity contribution in [3.63, 3.8) is 0 Å². The molecule has 3 aromatic rings. The first-order valence-corrected chi connectivity index (χ1v) is 15.6. The maximum atomic E-state index is 13.6. The van der Waals surface area contributed by atoms with Crippen LogP contribution in [0.3, 0.4) is 0 Å². The van der Waals surface area contributed by atoms with Gasteiger partial charge in [0, 0.05) is 63.0 Å². The molecular formula is C33H42N6O4. The van der Waals surface area contributed by atoms with E-state index < -0.39 is 6.09 Å². The fourth-order valence-electron chi connectivity index (χ4n) is 6.65. The lowest BCUT2D eigenvalue weighted by molar-refractivity contribution is 0.0902. The van der Waals surface area contributed by atoms with Crippen LogP contribution in [0.1, 0.15) is 42.5 Å². The second kappa shape index (κ2) is 13.3. The fourth-order valence-corrected chi connectivity index (χ4v) is 6.65. The summed E-state index contributed by atoms with van der Waals surface area (Å²) in [4.78, 5) is 41.2. The molecular weight excluding hydrogens is 544 g/mol. The predicted molar refractivity (Wildman–Crippen MR) is 166 cm³/mol. The van der Waals surface area contributed by atoms with Gasteiger partial charge in [0.25, 0.3) is 5.91 Å². The third kappa shape index (κ3) is 6.91. The van der Waals surface area contributed by atoms with Gasteiger partial charge < -0.3 is 29.9 Å². The van der Waals surface area contributed by atoms with Crippen molar-refractivity contribution in [1.29, 1.82) is 0 Å². The summed E-state index contributed by atoms with van der Waals surface area (Å²) in [6, 6.07) is 13.7. The quantitative estimate of drug-likeness (QED) is 0.401. The Morgan fingerprint density at radius 2 is 1.79 bits per heavy atom. The zero-order chi connectivity index (χ0) is 29.8. The smallest absolute Gasteiger partial charge is 0.407 e. The van der Waals surface area contributed by atoms with Gasteiger partial charge >= 0.3 is 6.09 Å². The highest BCUT2D eigenvalue weighted by Crippen LogP contribution is 2.31. The maximum absolute atomic E-state index is 13.6. The third-order valence-electron chi connectivity index (χ3n) is 9.40. The summed E-state index contributed by atoms with van der Waals surface area (Å²) in [5.41, 5.74) is 3.02. The van der Waals surface area contributed by atoms with E-state index in [4.69, 9.17) is 14.7 Å². The number of fused-ring (bicyclic) bond motifs is 1. The number of anilines is 1. The summed E-state index contributed by atoms with van der Waals surface area (Å²) >= 11 is 0. The summed E-state index contributed by atoms with van der Waals surface area (Å²) < 4.78 is 5.42. The summed E-state index contributed by atoms with van der Waals surface area (Å²) in [6.07, 6.45) is 5.68. The SMILES string of the molecule is CN1CCN(c2ccc(-c3cc(C(=O)NCC4CCC(CN(C(=O)O)C5CCOC5)CC4)c4ccccc4n3)cn2)CC1. The molecule has 10 nitrogen and oxygen atoms in total. The molecule has 4 heterocycles. The molecule has 43 heavy (non-hydrogen) atoms. The number of rotatable bonds is 8. The lowest BCUT2D eigenvalue weighted by atomic mass is 9.81. The second-order valence-corrected chi connectivity index (χ2v) is 12.3. The topological polar surface area (TPSA) is 111 Å². The zero-order valence-corrected chi connectivity index (χ0v) is 25.0. The summed E-state index contributed by atoms with van der Waals surface area (Å²) in [7, 11) is 2.14. The van der Waals surface area contributed by atoms with Crippen LogP contribution in [-0.4, -0.2) is 102 Å². The van der Waals surface area contributed by atoms with Crippen LogP contribution in [0.5, 0.6) is 0 Å². The molecule has 2 saturated heterocycles. The van der Waals surface area contributed by atoms with Gasteiger partial charge in [0.15, 0.2) is 0 Å². The Morgan fingerprint density at radius 1 is 1.02 bits per heavy atom. The maximum Gasteiger partial charge on any atom is 0.407 e. The first-order chi connectivity index (χ1) is 20.9. The average molecular weight is 587 g/mol. The highest BCUT2D eigenvalue weighted by molar-refractivity contribution is 6.07. The molecule has 2 aliphatic heterocycles. The van der Waals surface area contributed by atoms with Crippen LogP contribution >= 0.6 is 0 Å². The Morgan fingerprint density at radius 3 is 2.49 bits per heavy atom. The van der Waals surface area contributed by atoms with E-state index in [1.54, 1.807) is 4.90 Å². The Labute approximate surface area is 253 Å². The summed E-state index contributed by atoms with van der Waals surface area (Å²) in [5, 5.41) is 13.8. The molecule has 0 bridgehead atoms. The van der Waals surface area contributed by atoms with Crippen LogP contribution < -0.4 is 10.2 Å². The number of aromatic nitrogens is 2. The number of likely N-dealkylation sites (N-methyl/N-ethyl adjacent to an activating group) is 1. The molecule has 10 heteroatoms. The summed E-state index contributed by atoms with van der Waals surface area (Å²) in [6.45, 7) is 6.27. The standard InChI is InChI=1S/C33H42N6O4/c1-37-13-15-38(16-14-37)31-11-10-25(20-34-31)30-18-28(27-4-2-3-5-29(27)36-30)32(40)35-19-23-6-8-24(9-7-23)21-39(33(41)42)26-12-17-43-22-26/h2-5,10-11,18,20,23-24,26H,6-9,12-17,19,21-22H2,1H3,(H,35,40)(H,41,42). The summed E-state index contributed by atoms with van der Waals surface area (Å²) in [5.74, 6) is 1.61. The molecule has 1 unspecified atom stereocenters. The Hall–Kier alpha value is -3.76. The highest BCUT2D eigenvalue weighted by atomic mass is 16.5. The number of pyridine rings is 2. The Kier molecular flexibility index (Phi) is 9.04. The van der Waals surface area contributed by atoms with Gasteiger partial charge in [-0.15, -0.1) is 0 Å². The monoisotopic (exact) mass is 586 g/mol. The number of hydrogen-bond donors (Lipinski definition) is 2. The van der Waals surface area contributed by atoms with E-state index in [1.165, 1.54) is 0 Å². The first kappa shape index (κ1) is 29.3. The molecule has 1 aromatic carbocycles. The number of piperazine rings is 1. The van der Waals surface area contributed by atoms with Crippen molar-refractivity contribution in [3.05, 3.63) is 54.2 Å². The average Bonchev–Trinajstić information content (AvgIpc) is 3.57. The second-order valence-electron chi connectivity index (χ2n) is 12.3. The van der Waals surface area contributed by atoms with Crippen molar-refractivity contribution in [2.24, 2.45) is 11.8 Å². The van der Waals surface area contributed by atoms with Gasteiger partial charge in [0.05, 0.1) is 29.4 Å². The van der Waals surface area contributed by atoms with Crippen LogP contribution in [0.25, 0.3) is 22.2 Å². The minimum atomic E-state index is -0.851. The van der Waals surface area contributed by atoms with E-state index in [9.17, 15) is 14.7 Å². The van der Waals surface area contributed by atoms with Crippen LogP contribution in [-0.2, 0) is 4.74 Å². The number of amides is 2. The van der Waals surface area contributed by atoms with Crippen LogP contribution in [0, 0.1) is 11.8 Å². The predicted octanol–water partition coefficient (Wildman–Crippen LogP) is 4.35. The van der Waals surface area contributed by atoms with E-state index in [0.717, 1.165) is 86.3 Å². The normalized spacial score (nSPS) is 22.9. The van der Waals surface area contributed by atoms with Crippen molar-refractivity contribution >= 4 is 28.7 Å². The number of carbonyl (C=O) groups excluding carboxylic acids is 1. The molecule has 3 fully saturated rings. The number of nitrogens with zero attached hydrogens (tertiary/aromatic N) is 5. The fraction of sp³-hybridized carbons (Fsp3) is 0.515. The van der Waals surface area contributed by atoms with Gasteiger partial charge in [0.2, 0.25) is 0 Å². The molecule has 1 atom stereocenters. The van der Waals surface area contributed by atoms with Crippen LogP contribution in [0.15, 0.2) is 48.7 Å². The molecule has 6 rings (SSSR count). The number of hydrogen-bond acceptors (Lipinski definition) is 7. The van der Waals surface area contributed by atoms with Crippen molar-refractivity contribution in [3.8, 4) is 11.3 Å². The lowest BCUT2D eigenvalue weighted by Crippen LogP contribution is -2.44. The molecule has 2 amide bonds.